The Balaban J connectivity index is 1.69. The number of carbonyl (C=O) groups is 1. The number of hydrogen-bond acceptors (Lipinski definition) is 4. The molecule has 0 spiro atoms. The minimum atomic E-state index is -3.53. The Morgan fingerprint density at radius 3 is 2.15 bits per heavy atom. The van der Waals surface area contributed by atoms with E-state index in [1.807, 2.05) is 80.6 Å². The van der Waals surface area contributed by atoms with E-state index in [4.69, 9.17) is 4.52 Å². The number of hydrogen-bond donors (Lipinski definition) is 2. The molecule has 33 heavy (non-hydrogen) atoms. The number of nitrogens with one attached hydrogen (secondary N) is 1. The minimum Gasteiger partial charge on any atom is -0.477 e. The highest BCUT2D eigenvalue weighted by molar-refractivity contribution is 7.68. The summed E-state index contributed by atoms with van der Waals surface area (Å²) < 4.78 is 19.1. The lowest BCUT2D eigenvalue weighted by Crippen LogP contribution is -2.17. The van der Waals surface area contributed by atoms with Crippen LogP contribution in [0.15, 0.2) is 78.9 Å². The zero-order valence-corrected chi connectivity index (χ0v) is 20.2. The molecule has 0 saturated heterocycles. The fourth-order valence-corrected chi connectivity index (χ4v) is 6.47. The molecule has 0 bridgehead atoms. The molecule has 0 radical (unpaired) electrons. The van der Waals surface area contributed by atoms with Crippen LogP contribution in [0.25, 0.3) is 21.6 Å². The van der Waals surface area contributed by atoms with Crippen molar-refractivity contribution < 1.29 is 19.0 Å². The Labute approximate surface area is 197 Å². The SMILES string of the molecule is COP(=O)(Nc1cc(-c2ccc(-c3ccccc3)cc2)sc1C(=O)O)c1ccc(C)cc1C. The molecule has 7 heteroatoms. The quantitative estimate of drug-likeness (QED) is 0.281. The molecule has 2 N–H and O–H groups in total. The normalized spacial score (nSPS) is 12.8. The maximum Gasteiger partial charge on any atom is 0.348 e. The lowest BCUT2D eigenvalue weighted by Gasteiger charge is -2.20. The summed E-state index contributed by atoms with van der Waals surface area (Å²) in [6.45, 7) is 3.82. The summed E-state index contributed by atoms with van der Waals surface area (Å²) in [6.07, 6.45) is 0. The van der Waals surface area contributed by atoms with Crippen LogP contribution >= 0.6 is 18.9 Å². The summed E-state index contributed by atoms with van der Waals surface area (Å²) in [7, 11) is -2.17. The number of carboxylic acids is 1. The van der Waals surface area contributed by atoms with Crippen LogP contribution in [-0.4, -0.2) is 18.2 Å². The molecule has 4 aromatic rings. The van der Waals surface area contributed by atoms with Gasteiger partial charge in [0.05, 0.1) is 11.0 Å². The third kappa shape index (κ3) is 4.79. The van der Waals surface area contributed by atoms with Crippen molar-refractivity contribution in [2.24, 2.45) is 0 Å². The number of benzene rings is 3. The van der Waals surface area contributed by atoms with E-state index in [1.54, 1.807) is 12.1 Å². The van der Waals surface area contributed by atoms with Gasteiger partial charge < -0.3 is 14.7 Å². The van der Waals surface area contributed by atoms with Crippen molar-refractivity contribution in [3.05, 3.63) is 94.9 Å². The summed E-state index contributed by atoms with van der Waals surface area (Å²) in [4.78, 5) is 12.8. The highest BCUT2D eigenvalue weighted by atomic mass is 32.1. The summed E-state index contributed by atoms with van der Waals surface area (Å²) >= 11 is 1.14. The number of aryl methyl sites for hydroxylation is 2. The van der Waals surface area contributed by atoms with Gasteiger partial charge in [0.2, 0.25) is 0 Å². The van der Waals surface area contributed by atoms with Gasteiger partial charge in [-0.05, 0) is 48.2 Å². The Hall–Kier alpha value is -3.18. The number of rotatable bonds is 7. The van der Waals surface area contributed by atoms with Crippen LogP contribution in [0.1, 0.15) is 20.8 Å². The maximum absolute atomic E-state index is 13.7. The van der Waals surface area contributed by atoms with Crippen molar-refractivity contribution in [2.45, 2.75) is 13.8 Å². The number of thiophene rings is 1. The van der Waals surface area contributed by atoms with Gasteiger partial charge in [0.15, 0.2) is 0 Å². The number of carboxylic acid groups (broad SMARTS) is 1. The highest BCUT2D eigenvalue weighted by Gasteiger charge is 2.30. The van der Waals surface area contributed by atoms with Crippen molar-refractivity contribution in [1.29, 1.82) is 0 Å². The zero-order valence-electron chi connectivity index (χ0n) is 18.5. The predicted molar refractivity (Wildman–Crippen MR) is 136 cm³/mol. The van der Waals surface area contributed by atoms with Gasteiger partial charge in [-0.3, -0.25) is 4.57 Å². The summed E-state index contributed by atoms with van der Waals surface area (Å²) in [6, 6.07) is 25.2. The van der Waals surface area contributed by atoms with E-state index in [0.717, 1.165) is 44.0 Å². The minimum absolute atomic E-state index is 0.0826. The molecule has 0 aliphatic heterocycles. The van der Waals surface area contributed by atoms with Gasteiger partial charge in [-0.15, -0.1) is 11.3 Å². The predicted octanol–water partition coefficient (Wildman–Crippen LogP) is 6.97. The van der Waals surface area contributed by atoms with E-state index in [9.17, 15) is 14.5 Å². The van der Waals surface area contributed by atoms with Crippen LogP contribution in [0.3, 0.4) is 0 Å². The second-order valence-corrected chi connectivity index (χ2v) is 11.0. The lowest BCUT2D eigenvalue weighted by atomic mass is 10.0. The van der Waals surface area contributed by atoms with Gasteiger partial charge in [-0.2, -0.15) is 0 Å². The van der Waals surface area contributed by atoms with E-state index in [0.29, 0.717) is 5.30 Å². The van der Waals surface area contributed by atoms with Gasteiger partial charge in [-0.25, -0.2) is 4.79 Å². The van der Waals surface area contributed by atoms with E-state index < -0.39 is 13.5 Å². The average molecular weight is 478 g/mol. The third-order valence-corrected chi connectivity index (χ3v) is 8.75. The van der Waals surface area contributed by atoms with Crippen molar-refractivity contribution in [3.8, 4) is 21.6 Å². The zero-order chi connectivity index (χ0) is 23.6. The lowest BCUT2D eigenvalue weighted by molar-refractivity contribution is 0.0703. The standard InChI is InChI=1S/C26H24NO4PS/c1-17-9-14-23(18(2)15-17)32(30,31-3)27-22-16-24(33-25(22)26(28)29)21-12-10-20(11-13-21)19-7-5-4-6-8-19/h4-16H,1-3H3,(H,27,30)(H,28,29). The fourth-order valence-electron chi connectivity index (χ4n) is 3.73. The van der Waals surface area contributed by atoms with Gasteiger partial charge in [0.1, 0.15) is 4.88 Å². The molecule has 0 fully saturated rings. The van der Waals surface area contributed by atoms with Crippen molar-refractivity contribution in [1.82, 2.24) is 0 Å². The first kappa shape index (κ1) is 23.0. The molecule has 0 aliphatic carbocycles. The second-order valence-electron chi connectivity index (χ2n) is 7.74. The van der Waals surface area contributed by atoms with Gasteiger partial charge >= 0.3 is 13.5 Å². The molecule has 0 saturated carbocycles. The molecular formula is C26H24NO4PS. The molecule has 1 atom stereocenters. The first-order chi connectivity index (χ1) is 15.8. The monoisotopic (exact) mass is 477 g/mol. The van der Waals surface area contributed by atoms with Crippen LogP contribution in [0, 0.1) is 13.8 Å². The summed E-state index contributed by atoms with van der Waals surface area (Å²) in [5, 5.41) is 13.2. The molecule has 1 aromatic heterocycles. The van der Waals surface area contributed by atoms with Crippen LogP contribution in [-0.2, 0) is 9.09 Å². The van der Waals surface area contributed by atoms with E-state index in [2.05, 4.69) is 5.09 Å². The fraction of sp³-hybridized carbons (Fsp3) is 0.115. The average Bonchev–Trinajstić information content (AvgIpc) is 3.23. The Kier molecular flexibility index (Phi) is 6.52. The second kappa shape index (κ2) is 9.36. The Morgan fingerprint density at radius 2 is 1.55 bits per heavy atom. The Morgan fingerprint density at radius 1 is 0.909 bits per heavy atom. The van der Waals surface area contributed by atoms with E-state index in [1.165, 1.54) is 7.11 Å². The molecule has 0 aliphatic rings. The topological polar surface area (TPSA) is 75.6 Å². The Bertz CT molecular complexity index is 1350. The van der Waals surface area contributed by atoms with Gasteiger partial charge in [-0.1, -0.05) is 72.3 Å². The highest BCUT2D eigenvalue weighted by Crippen LogP contribution is 2.48. The van der Waals surface area contributed by atoms with Gasteiger partial charge in [0.25, 0.3) is 0 Å². The molecule has 168 valence electrons. The van der Waals surface area contributed by atoms with E-state index >= 15 is 0 Å². The van der Waals surface area contributed by atoms with E-state index in [-0.39, 0.29) is 10.6 Å². The van der Waals surface area contributed by atoms with Crippen molar-refractivity contribution in [3.63, 3.8) is 0 Å². The maximum atomic E-state index is 13.7. The molecule has 0 amide bonds. The van der Waals surface area contributed by atoms with Crippen molar-refractivity contribution >= 4 is 35.8 Å². The van der Waals surface area contributed by atoms with Gasteiger partial charge in [0, 0.05) is 12.0 Å². The number of aromatic carboxylic acids is 1. The van der Waals surface area contributed by atoms with Crippen LogP contribution < -0.4 is 10.4 Å². The first-order valence-electron chi connectivity index (χ1n) is 10.4. The summed E-state index contributed by atoms with van der Waals surface area (Å²) in [5.74, 6) is -1.09. The molecular weight excluding hydrogens is 453 g/mol. The molecule has 5 nitrogen and oxygen atoms in total. The van der Waals surface area contributed by atoms with Crippen molar-refractivity contribution in [2.75, 3.05) is 12.2 Å². The first-order valence-corrected chi connectivity index (χ1v) is 12.8. The van der Waals surface area contributed by atoms with Crippen LogP contribution in [0.2, 0.25) is 0 Å². The molecule has 1 heterocycles. The third-order valence-electron chi connectivity index (χ3n) is 5.40. The molecule has 3 aromatic carbocycles. The largest absolute Gasteiger partial charge is 0.477 e. The summed E-state index contributed by atoms with van der Waals surface area (Å²) in [5.41, 5.74) is 5.21. The van der Waals surface area contributed by atoms with Crippen LogP contribution in [0.4, 0.5) is 5.69 Å². The molecule has 1 unspecified atom stereocenters. The van der Waals surface area contributed by atoms with Crippen LogP contribution in [0.5, 0.6) is 0 Å². The molecule has 4 rings (SSSR count). The smallest absolute Gasteiger partial charge is 0.348 e. The number of anilines is 1.